The molecule has 1 aliphatic rings. The minimum absolute atomic E-state index is 0.0417. The monoisotopic (exact) mass is 339 g/mol. The second kappa shape index (κ2) is 6.34. The summed E-state index contributed by atoms with van der Waals surface area (Å²) in [5.74, 6) is 0.0922. The first-order chi connectivity index (χ1) is 11.7. The average Bonchev–Trinajstić information content (AvgIpc) is 2.63. The van der Waals surface area contributed by atoms with Crippen molar-refractivity contribution < 1.29 is 9.53 Å². The highest BCUT2D eigenvalue weighted by molar-refractivity contribution is 7.24. The van der Waals surface area contributed by atoms with Gasteiger partial charge in [0.05, 0.1) is 19.6 Å². The lowest BCUT2D eigenvalue weighted by Gasteiger charge is -2.26. The molecule has 1 aromatic heterocycles. The lowest BCUT2D eigenvalue weighted by Crippen LogP contribution is -2.41. The molecule has 0 unspecified atom stereocenters. The summed E-state index contributed by atoms with van der Waals surface area (Å²) in [7, 11) is 0. The molecule has 0 saturated carbocycles. The summed E-state index contributed by atoms with van der Waals surface area (Å²) in [5.41, 5.74) is 0.929. The summed E-state index contributed by atoms with van der Waals surface area (Å²) < 4.78 is 7.23. The maximum absolute atomic E-state index is 12.7. The number of fused-ring (bicyclic) bond motifs is 2. The molecule has 0 spiro atoms. The first-order valence-electron chi connectivity index (χ1n) is 8.02. The smallest absolute Gasteiger partial charge is 0.227 e. The van der Waals surface area contributed by atoms with Crippen LogP contribution in [0.2, 0.25) is 0 Å². The molecular formula is C19H17NO3S. The normalized spacial score (nSPS) is 15.1. The van der Waals surface area contributed by atoms with Gasteiger partial charge in [0, 0.05) is 33.3 Å². The van der Waals surface area contributed by atoms with E-state index >= 15 is 0 Å². The van der Waals surface area contributed by atoms with Crippen LogP contribution in [0.1, 0.15) is 5.56 Å². The van der Waals surface area contributed by atoms with Crippen LogP contribution in [-0.4, -0.2) is 37.1 Å². The van der Waals surface area contributed by atoms with E-state index in [4.69, 9.17) is 4.74 Å². The molecule has 0 radical (unpaired) electrons. The van der Waals surface area contributed by atoms with Gasteiger partial charge in [-0.05, 0) is 29.8 Å². The van der Waals surface area contributed by atoms with Gasteiger partial charge in [-0.15, -0.1) is 11.3 Å². The van der Waals surface area contributed by atoms with E-state index in [1.54, 1.807) is 11.3 Å². The molecule has 5 heteroatoms. The number of hydrogen-bond acceptors (Lipinski definition) is 4. The van der Waals surface area contributed by atoms with Crippen molar-refractivity contribution in [2.24, 2.45) is 0 Å². The van der Waals surface area contributed by atoms with Crippen LogP contribution in [0.15, 0.2) is 47.3 Å². The maximum Gasteiger partial charge on any atom is 0.227 e. The second-order valence-corrected chi connectivity index (χ2v) is 7.01. The van der Waals surface area contributed by atoms with Crippen LogP contribution in [0.4, 0.5) is 0 Å². The molecule has 0 aliphatic carbocycles. The van der Waals surface area contributed by atoms with E-state index in [-0.39, 0.29) is 11.3 Å². The Morgan fingerprint density at radius 2 is 1.79 bits per heavy atom. The van der Waals surface area contributed by atoms with Gasteiger partial charge in [0.2, 0.25) is 5.91 Å². The van der Waals surface area contributed by atoms with Gasteiger partial charge in [0.15, 0.2) is 5.43 Å². The Balaban J connectivity index is 1.70. The van der Waals surface area contributed by atoms with Crippen molar-refractivity contribution in [3.63, 3.8) is 0 Å². The third-order valence-corrected chi connectivity index (χ3v) is 5.51. The number of amides is 1. The molecule has 1 saturated heterocycles. The van der Waals surface area contributed by atoms with E-state index < -0.39 is 0 Å². The minimum atomic E-state index is 0.0417. The van der Waals surface area contributed by atoms with Crippen LogP contribution < -0.4 is 5.43 Å². The predicted molar refractivity (Wildman–Crippen MR) is 96.7 cm³/mol. The summed E-state index contributed by atoms with van der Waals surface area (Å²) in [5, 5.41) is 1.44. The maximum atomic E-state index is 12.7. The number of rotatable bonds is 2. The molecule has 1 fully saturated rings. The fourth-order valence-corrected chi connectivity index (χ4v) is 4.11. The van der Waals surface area contributed by atoms with E-state index in [9.17, 15) is 9.59 Å². The Hall–Kier alpha value is -2.24. The molecule has 0 N–H and O–H groups in total. The summed E-state index contributed by atoms with van der Waals surface area (Å²) in [6.07, 6.45) is 0.326. The SMILES string of the molecule is O=C(Cc1ccc2sc3ccccc3c(=O)c2c1)N1CCOCC1. The molecule has 4 rings (SSSR count). The highest BCUT2D eigenvalue weighted by Gasteiger charge is 2.17. The Labute approximate surface area is 143 Å². The van der Waals surface area contributed by atoms with Crippen molar-refractivity contribution in [2.45, 2.75) is 6.42 Å². The van der Waals surface area contributed by atoms with E-state index in [1.807, 2.05) is 47.4 Å². The Morgan fingerprint density at radius 3 is 2.62 bits per heavy atom. The standard InChI is InChI=1S/C19H17NO3S/c21-18(20-7-9-23-10-8-20)12-13-5-6-17-15(11-13)19(22)14-3-1-2-4-16(14)24-17/h1-6,11H,7-10,12H2. The van der Waals surface area contributed by atoms with Gasteiger partial charge in [0.1, 0.15) is 0 Å². The summed E-state index contributed by atoms with van der Waals surface area (Å²) >= 11 is 1.61. The van der Waals surface area contributed by atoms with Crippen molar-refractivity contribution in [1.29, 1.82) is 0 Å². The van der Waals surface area contributed by atoms with Gasteiger partial charge in [-0.25, -0.2) is 0 Å². The second-order valence-electron chi connectivity index (χ2n) is 5.93. The van der Waals surface area contributed by atoms with Gasteiger partial charge in [-0.2, -0.15) is 0 Å². The highest BCUT2D eigenvalue weighted by Crippen LogP contribution is 2.25. The molecule has 3 aromatic rings. The first-order valence-corrected chi connectivity index (χ1v) is 8.84. The molecule has 0 bridgehead atoms. The first kappa shape index (κ1) is 15.3. The van der Waals surface area contributed by atoms with Crippen LogP contribution in [-0.2, 0) is 16.0 Å². The van der Waals surface area contributed by atoms with Gasteiger partial charge in [-0.3, -0.25) is 9.59 Å². The van der Waals surface area contributed by atoms with Crippen molar-refractivity contribution in [3.8, 4) is 0 Å². The number of morpholine rings is 1. The molecule has 24 heavy (non-hydrogen) atoms. The molecular weight excluding hydrogens is 322 g/mol. The quantitative estimate of drug-likeness (QED) is 0.675. The Bertz CT molecular complexity index is 973. The van der Waals surface area contributed by atoms with Crippen LogP contribution in [0.25, 0.3) is 20.2 Å². The van der Waals surface area contributed by atoms with Gasteiger partial charge in [0.25, 0.3) is 0 Å². The van der Waals surface area contributed by atoms with Crippen LogP contribution in [0, 0.1) is 0 Å². The third kappa shape index (κ3) is 2.81. The highest BCUT2D eigenvalue weighted by atomic mass is 32.1. The predicted octanol–water partition coefficient (Wildman–Crippen LogP) is 2.82. The average molecular weight is 339 g/mol. The molecule has 122 valence electrons. The third-order valence-electron chi connectivity index (χ3n) is 4.36. The summed E-state index contributed by atoms with van der Waals surface area (Å²) in [6.45, 7) is 2.49. The zero-order valence-electron chi connectivity index (χ0n) is 13.2. The fraction of sp³-hybridized carbons (Fsp3) is 0.263. The lowest BCUT2D eigenvalue weighted by molar-refractivity contribution is -0.134. The summed E-state index contributed by atoms with van der Waals surface area (Å²) in [4.78, 5) is 26.9. The topological polar surface area (TPSA) is 46.6 Å². The molecule has 0 atom stereocenters. The number of carbonyl (C=O) groups is 1. The molecule has 2 aromatic carbocycles. The van der Waals surface area contributed by atoms with Crippen molar-refractivity contribution >= 4 is 37.4 Å². The van der Waals surface area contributed by atoms with Crippen molar-refractivity contribution in [3.05, 3.63) is 58.3 Å². The van der Waals surface area contributed by atoms with Crippen LogP contribution >= 0.6 is 11.3 Å². The lowest BCUT2D eigenvalue weighted by atomic mass is 10.1. The van der Waals surface area contributed by atoms with E-state index in [0.717, 1.165) is 20.3 Å². The fourth-order valence-electron chi connectivity index (χ4n) is 3.06. The number of carbonyl (C=O) groups excluding carboxylic acids is 1. The molecule has 1 aliphatic heterocycles. The molecule has 2 heterocycles. The zero-order chi connectivity index (χ0) is 16.5. The number of hydrogen-bond donors (Lipinski definition) is 0. The van der Waals surface area contributed by atoms with E-state index in [0.29, 0.717) is 38.1 Å². The number of nitrogens with zero attached hydrogens (tertiary/aromatic N) is 1. The van der Waals surface area contributed by atoms with E-state index in [2.05, 4.69) is 0 Å². The largest absolute Gasteiger partial charge is 0.378 e. The van der Waals surface area contributed by atoms with Crippen molar-refractivity contribution in [1.82, 2.24) is 4.90 Å². The molecule has 1 amide bonds. The number of ether oxygens (including phenoxy) is 1. The summed E-state index contributed by atoms with van der Waals surface area (Å²) in [6, 6.07) is 13.4. The minimum Gasteiger partial charge on any atom is -0.378 e. The Kier molecular flexibility index (Phi) is 4.04. The molecule has 4 nitrogen and oxygen atoms in total. The van der Waals surface area contributed by atoms with Crippen LogP contribution in [0.3, 0.4) is 0 Å². The van der Waals surface area contributed by atoms with Gasteiger partial charge >= 0.3 is 0 Å². The zero-order valence-corrected chi connectivity index (χ0v) is 14.0. The van der Waals surface area contributed by atoms with Crippen molar-refractivity contribution in [2.75, 3.05) is 26.3 Å². The number of benzene rings is 2. The van der Waals surface area contributed by atoms with Crippen LogP contribution in [0.5, 0.6) is 0 Å². The Morgan fingerprint density at radius 1 is 1.04 bits per heavy atom. The van der Waals surface area contributed by atoms with E-state index in [1.165, 1.54) is 0 Å². The van der Waals surface area contributed by atoms with Gasteiger partial charge in [-0.1, -0.05) is 18.2 Å². The van der Waals surface area contributed by atoms with Gasteiger partial charge < -0.3 is 9.64 Å².